The van der Waals surface area contributed by atoms with E-state index in [0.717, 1.165) is 6.07 Å². The minimum atomic E-state index is -1.00. The van der Waals surface area contributed by atoms with E-state index in [1.54, 1.807) is 38.1 Å². The second-order valence-electron chi connectivity index (χ2n) is 5.76. The third kappa shape index (κ3) is 5.22. The highest BCUT2D eigenvalue weighted by Gasteiger charge is 2.27. The first-order chi connectivity index (χ1) is 13.9. The topological polar surface area (TPSA) is 108 Å². The first-order valence-electron chi connectivity index (χ1n) is 8.94. The van der Waals surface area contributed by atoms with Crippen molar-refractivity contribution in [2.24, 2.45) is 0 Å². The molecule has 0 aliphatic heterocycles. The van der Waals surface area contributed by atoms with Gasteiger partial charge in [0.15, 0.2) is 18.1 Å². The minimum absolute atomic E-state index is 0.118. The zero-order valence-corrected chi connectivity index (χ0v) is 16.4. The van der Waals surface area contributed by atoms with Gasteiger partial charge in [0.2, 0.25) is 0 Å². The number of amides is 1. The highest BCUT2D eigenvalue weighted by atomic mass is 16.6. The molecule has 0 unspecified atom stereocenters. The van der Waals surface area contributed by atoms with Gasteiger partial charge in [-0.25, -0.2) is 4.79 Å². The molecule has 0 saturated heterocycles. The monoisotopic (exact) mass is 402 g/mol. The molecule has 0 N–H and O–H groups in total. The molecule has 2 aromatic rings. The van der Waals surface area contributed by atoms with Crippen molar-refractivity contribution >= 4 is 23.3 Å². The van der Waals surface area contributed by atoms with Gasteiger partial charge in [0.25, 0.3) is 11.6 Å². The van der Waals surface area contributed by atoms with Gasteiger partial charge in [-0.2, -0.15) is 0 Å². The van der Waals surface area contributed by atoms with Gasteiger partial charge in [0, 0.05) is 18.3 Å². The summed E-state index contributed by atoms with van der Waals surface area (Å²) in [7, 11) is 1.33. The van der Waals surface area contributed by atoms with Crippen molar-refractivity contribution < 1.29 is 28.7 Å². The molecule has 0 aliphatic rings. The number of methoxy groups -OCH3 is 1. The number of carbonyl (C=O) groups is 2. The predicted molar refractivity (Wildman–Crippen MR) is 106 cm³/mol. The van der Waals surface area contributed by atoms with Gasteiger partial charge in [0.1, 0.15) is 5.56 Å². The van der Waals surface area contributed by atoms with Crippen molar-refractivity contribution in [2.45, 2.75) is 13.8 Å². The molecule has 0 atom stereocenters. The van der Waals surface area contributed by atoms with Crippen LogP contribution in [0.1, 0.15) is 24.2 Å². The summed E-state index contributed by atoms with van der Waals surface area (Å²) >= 11 is 0. The Morgan fingerprint density at radius 2 is 1.79 bits per heavy atom. The van der Waals surface area contributed by atoms with Crippen molar-refractivity contribution in [3.05, 3.63) is 58.1 Å². The molecule has 154 valence electrons. The summed E-state index contributed by atoms with van der Waals surface area (Å²) in [5.41, 5.74) is -0.168. The number of nitrogens with zero attached hydrogens (tertiary/aromatic N) is 2. The summed E-state index contributed by atoms with van der Waals surface area (Å²) in [6.45, 7) is 3.59. The second-order valence-corrected chi connectivity index (χ2v) is 5.76. The van der Waals surface area contributed by atoms with Crippen LogP contribution >= 0.6 is 0 Å². The number of rotatable bonds is 9. The van der Waals surface area contributed by atoms with E-state index < -0.39 is 29.1 Å². The lowest BCUT2D eigenvalue weighted by Gasteiger charge is -2.20. The maximum Gasteiger partial charge on any atom is 0.345 e. The summed E-state index contributed by atoms with van der Waals surface area (Å²) < 4.78 is 15.5. The molecule has 2 rings (SSSR count). The first kappa shape index (κ1) is 21.7. The second kappa shape index (κ2) is 10.1. The summed E-state index contributed by atoms with van der Waals surface area (Å²) in [6, 6.07) is 11.2. The van der Waals surface area contributed by atoms with Gasteiger partial charge < -0.3 is 19.1 Å². The van der Waals surface area contributed by atoms with E-state index in [1.165, 1.54) is 18.1 Å². The maximum absolute atomic E-state index is 12.5. The van der Waals surface area contributed by atoms with Crippen LogP contribution in [-0.2, 0) is 9.53 Å². The summed E-state index contributed by atoms with van der Waals surface area (Å²) in [5.74, 6) is -1.17. The lowest BCUT2D eigenvalue weighted by molar-refractivity contribution is -0.385. The Balaban J connectivity index is 2.22. The fourth-order valence-electron chi connectivity index (χ4n) is 2.69. The highest BCUT2D eigenvalue weighted by molar-refractivity contribution is 5.99. The Bertz CT molecular complexity index is 884. The Hall–Kier alpha value is -3.62. The van der Waals surface area contributed by atoms with E-state index in [2.05, 4.69) is 0 Å². The van der Waals surface area contributed by atoms with E-state index in [1.807, 2.05) is 6.07 Å². The van der Waals surface area contributed by atoms with Crippen LogP contribution in [0.2, 0.25) is 0 Å². The number of esters is 1. The largest absolute Gasteiger partial charge is 0.493 e. The fourth-order valence-corrected chi connectivity index (χ4v) is 2.69. The lowest BCUT2D eigenvalue weighted by Crippen LogP contribution is -2.34. The Labute approximate surface area is 167 Å². The molecule has 0 bridgehead atoms. The van der Waals surface area contributed by atoms with E-state index in [4.69, 9.17) is 14.2 Å². The van der Waals surface area contributed by atoms with Crippen LogP contribution in [0.25, 0.3) is 0 Å². The van der Waals surface area contributed by atoms with Crippen LogP contribution in [0.15, 0.2) is 42.5 Å². The number of carbonyl (C=O) groups excluding carboxylic acids is 2. The van der Waals surface area contributed by atoms with Crippen molar-refractivity contribution in [1.82, 2.24) is 0 Å². The van der Waals surface area contributed by atoms with Gasteiger partial charge in [-0.1, -0.05) is 18.2 Å². The molecule has 0 aromatic heterocycles. The molecular formula is C20H22N2O7. The molecule has 29 heavy (non-hydrogen) atoms. The SMILES string of the molecule is CCOc1cc(C(=O)OCC(=O)N(CC)c2ccccc2)c([N+](=O)[O-])cc1OC. The molecule has 0 radical (unpaired) electrons. The lowest BCUT2D eigenvalue weighted by atomic mass is 10.1. The number of benzene rings is 2. The maximum atomic E-state index is 12.5. The Kier molecular flexibility index (Phi) is 7.53. The quantitative estimate of drug-likeness (QED) is 0.360. The molecule has 0 aliphatic carbocycles. The average molecular weight is 402 g/mol. The zero-order chi connectivity index (χ0) is 21.4. The van der Waals surface area contributed by atoms with Crippen molar-refractivity contribution in [3.8, 4) is 11.5 Å². The molecule has 0 saturated carbocycles. The van der Waals surface area contributed by atoms with E-state index in [0.29, 0.717) is 12.2 Å². The van der Waals surface area contributed by atoms with Crippen LogP contribution in [0, 0.1) is 10.1 Å². The molecular weight excluding hydrogens is 380 g/mol. The number of ether oxygens (including phenoxy) is 3. The standard InChI is InChI=1S/C20H22N2O7/c1-4-21(14-9-7-6-8-10-14)19(23)13-29-20(24)15-11-18(28-5-2)17(27-3)12-16(15)22(25)26/h6-12H,4-5,13H2,1-3H3. The van der Waals surface area contributed by atoms with Crippen molar-refractivity contribution in [1.29, 1.82) is 0 Å². The van der Waals surface area contributed by atoms with Crippen molar-refractivity contribution in [3.63, 3.8) is 0 Å². The van der Waals surface area contributed by atoms with Gasteiger partial charge in [-0.05, 0) is 26.0 Å². The van der Waals surface area contributed by atoms with Gasteiger partial charge in [0.05, 0.1) is 24.7 Å². The van der Waals surface area contributed by atoms with Gasteiger partial charge in [-0.15, -0.1) is 0 Å². The number of anilines is 1. The predicted octanol–water partition coefficient (Wildman–Crippen LogP) is 3.21. The zero-order valence-electron chi connectivity index (χ0n) is 16.4. The van der Waals surface area contributed by atoms with E-state index in [-0.39, 0.29) is 23.7 Å². The van der Waals surface area contributed by atoms with Crippen LogP contribution in [0.5, 0.6) is 11.5 Å². The van der Waals surface area contributed by atoms with E-state index in [9.17, 15) is 19.7 Å². The summed E-state index contributed by atoms with van der Waals surface area (Å²) in [4.78, 5) is 37.0. The fraction of sp³-hybridized carbons (Fsp3) is 0.300. The Morgan fingerprint density at radius 3 is 2.34 bits per heavy atom. The first-order valence-corrected chi connectivity index (χ1v) is 8.94. The smallest absolute Gasteiger partial charge is 0.345 e. The highest BCUT2D eigenvalue weighted by Crippen LogP contribution is 2.35. The normalized spacial score (nSPS) is 10.2. The molecule has 0 fully saturated rings. The molecule has 9 heteroatoms. The Morgan fingerprint density at radius 1 is 1.10 bits per heavy atom. The number of likely N-dealkylation sites (N-methyl/N-ethyl adjacent to an activating group) is 1. The van der Waals surface area contributed by atoms with Crippen molar-refractivity contribution in [2.75, 3.05) is 31.8 Å². The molecule has 1 amide bonds. The van der Waals surface area contributed by atoms with Crippen LogP contribution < -0.4 is 14.4 Å². The number of hydrogen-bond acceptors (Lipinski definition) is 7. The van der Waals surface area contributed by atoms with Crippen LogP contribution in [0.4, 0.5) is 11.4 Å². The summed E-state index contributed by atoms with van der Waals surface area (Å²) in [5, 5.41) is 11.4. The molecule has 2 aromatic carbocycles. The van der Waals surface area contributed by atoms with Crippen LogP contribution in [0.3, 0.4) is 0 Å². The molecule has 0 spiro atoms. The average Bonchev–Trinajstić information content (AvgIpc) is 2.73. The number of hydrogen-bond donors (Lipinski definition) is 0. The molecule has 9 nitrogen and oxygen atoms in total. The number of nitro groups is 1. The van der Waals surface area contributed by atoms with Crippen LogP contribution in [-0.4, -0.2) is 43.7 Å². The third-order valence-electron chi connectivity index (χ3n) is 4.01. The van der Waals surface area contributed by atoms with Gasteiger partial charge in [-0.3, -0.25) is 14.9 Å². The minimum Gasteiger partial charge on any atom is -0.493 e. The third-order valence-corrected chi connectivity index (χ3v) is 4.01. The number of nitro benzene ring substituents is 1. The molecule has 0 heterocycles. The summed E-state index contributed by atoms with van der Waals surface area (Å²) in [6.07, 6.45) is 0. The van der Waals surface area contributed by atoms with E-state index >= 15 is 0 Å². The van der Waals surface area contributed by atoms with Gasteiger partial charge >= 0.3 is 5.97 Å². The number of para-hydroxylation sites is 1.